The molecule has 1 unspecified atom stereocenters. The van der Waals surface area contributed by atoms with Crippen molar-refractivity contribution < 1.29 is 44.7 Å². The van der Waals surface area contributed by atoms with Crippen LogP contribution in [0.4, 0.5) is 22.0 Å². The van der Waals surface area contributed by atoms with Gasteiger partial charge in [-0.05, 0) is 0 Å². The second-order valence-electron chi connectivity index (χ2n) is 3.55. The fraction of sp³-hybridized carbons (Fsp3) is 0. The quantitative estimate of drug-likeness (QED) is 0.0775. The van der Waals surface area contributed by atoms with Crippen LogP contribution in [-0.2, 0) is 22.8 Å². The van der Waals surface area contributed by atoms with Crippen LogP contribution < -0.4 is 21.8 Å². The molecule has 0 amide bonds. The van der Waals surface area contributed by atoms with Crippen LogP contribution in [0.1, 0.15) is 0 Å². The van der Waals surface area contributed by atoms with Gasteiger partial charge < -0.3 is 0 Å². The highest BCUT2D eigenvalue weighted by Crippen LogP contribution is 2.47. The summed E-state index contributed by atoms with van der Waals surface area (Å²) in [5, 5.41) is 1.29. The molecule has 132 valence electrons. The highest BCUT2D eigenvalue weighted by atomic mass is 32.2. The molecule has 23 heavy (non-hydrogen) atoms. The predicted molar refractivity (Wildman–Crippen MR) is 66.3 cm³/mol. The third-order valence-corrected chi connectivity index (χ3v) is 4.72. The minimum atomic E-state index is -4.51. The maximum Gasteiger partial charge on any atom is 0.370 e. The van der Waals surface area contributed by atoms with Gasteiger partial charge in [-0.25, -0.2) is 42.8 Å². The highest BCUT2D eigenvalue weighted by Gasteiger charge is 2.29. The Morgan fingerprint density at radius 2 is 1.30 bits per heavy atom. The molecule has 7 N–H and O–H groups in total. The van der Waals surface area contributed by atoms with Crippen molar-refractivity contribution in [3.63, 3.8) is 0 Å². The van der Waals surface area contributed by atoms with Crippen molar-refractivity contribution in [2.24, 2.45) is 16.5 Å². The van der Waals surface area contributed by atoms with Crippen LogP contribution in [0.15, 0.2) is 4.90 Å². The summed E-state index contributed by atoms with van der Waals surface area (Å²) in [6.07, 6.45) is 0. The lowest BCUT2D eigenvalue weighted by atomic mass is 10.3. The monoisotopic (exact) mass is 404 g/mol. The Morgan fingerprint density at radius 3 is 1.74 bits per heavy atom. The third kappa shape index (κ3) is 5.76. The van der Waals surface area contributed by atoms with Crippen LogP contribution in [-0.4, -0.2) is 0 Å². The molecule has 0 spiro atoms. The van der Waals surface area contributed by atoms with E-state index in [0.717, 1.165) is 0 Å². The van der Waals surface area contributed by atoms with Crippen LogP contribution in [0.3, 0.4) is 0 Å². The zero-order valence-electron chi connectivity index (χ0n) is 10.5. The molecule has 0 heterocycles. The van der Waals surface area contributed by atoms with Gasteiger partial charge in [0.15, 0.2) is 23.3 Å². The summed E-state index contributed by atoms with van der Waals surface area (Å²) in [5.74, 6) is -11.2. The molecule has 0 aliphatic rings. The number of nitrogens with two attached hydrogens (primary N) is 3. The molecule has 0 bridgehead atoms. The summed E-state index contributed by atoms with van der Waals surface area (Å²) in [4.78, 5) is 2.40. The molecule has 17 heteroatoms. The summed E-state index contributed by atoms with van der Waals surface area (Å²) in [6.45, 7) is 0. The van der Waals surface area contributed by atoms with Crippen molar-refractivity contribution >= 4 is 27.4 Å². The van der Waals surface area contributed by atoms with Gasteiger partial charge in [0.1, 0.15) is 4.90 Å². The SMILES string of the molecule is NP(N)(=O)OP(N)(=O)NOOSc1c(F)c(F)c(F)c(F)c1F. The van der Waals surface area contributed by atoms with Crippen molar-refractivity contribution in [3.05, 3.63) is 29.1 Å². The van der Waals surface area contributed by atoms with Crippen molar-refractivity contribution in [2.75, 3.05) is 0 Å². The second-order valence-corrected chi connectivity index (χ2v) is 7.58. The summed E-state index contributed by atoms with van der Waals surface area (Å²) in [7, 11) is -8.79. The molecule has 0 saturated heterocycles. The molecular formula is C6H7F5N4O5P2S. The van der Waals surface area contributed by atoms with E-state index in [1.54, 1.807) is 0 Å². The van der Waals surface area contributed by atoms with E-state index in [9.17, 15) is 31.1 Å². The first kappa shape index (κ1) is 20.4. The first-order valence-corrected chi connectivity index (χ1v) is 9.11. The van der Waals surface area contributed by atoms with Crippen molar-refractivity contribution in [3.8, 4) is 0 Å². The van der Waals surface area contributed by atoms with E-state index < -0.39 is 61.4 Å². The van der Waals surface area contributed by atoms with Crippen molar-refractivity contribution in [2.45, 2.75) is 4.90 Å². The number of hydrogen-bond acceptors (Lipinski definition) is 6. The van der Waals surface area contributed by atoms with Crippen LogP contribution in [0.5, 0.6) is 0 Å². The Labute approximate surface area is 128 Å². The first-order valence-electron chi connectivity index (χ1n) is 4.91. The van der Waals surface area contributed by atoms with Gasteiger partial charge in [-0.1, -0.05) is 5.25 Å². The topological polar surface area (TPSA) is 152 Å². The molecule has 0 aliphatic heterocycles. The fourth-order valence-corrected chi connectivity index (χ4v) is 3.29. The lowest BCUT2D eigenvalue weighted by Gasteiger charge is -2.14. The van der Waals surface area contributed by atoms with Gasteiger partial charge in [-0.2, -0.15) is 0 Å². The lowest BCUT2D eigenvalue weighted by molar-refractivity contribution is -0.221. The van der Waals surface area contributed by atoms with E-state index in [1.165, 1.54) is 5.25 Å². The molecule has 0 aliphatic carbocycles. The second kappa shape index (κ2) is 7.53. The number of hydrogen-bond donors (Lipinski definition) is 4. The Balaban J connectivity index is 2.71. The smallest absolute Gasteiger partial charge is 0.256 e. The van der Waals surface area contributed by atoms with E-state index in [-0.39, 0.29) is 0 Å². The van der Waals surface area contributed by atoms with E-state index in [2.05, 4.69) is 13.6 Å². The van der Waals surface area contributed by atoms with Gasteiger partial charge in [-0.3, -0.25) is 9.13 Å². The van der Waals surface area contributed by atoms with E-state index >= 15 is 0 Å². The molecule has 0 fully saturated rings. The van der Waals surface area contributed by atoms with Gasteiger partial charge in [-0.15, -0.1) is 9.32 Å². The minimum Gasteiger partial charge on any atom is -0.256 e. The van der Waals surface area contributed by atoms with Crippen LogP contribution >= 0.6 is 27.4 Å². The first-order chi connectivity index (χ1) is 10.4. The Bertz CT molecular complexity index is 675. The van der Waals surface area contributed by atoms with Gasteiger partial charge >= 0.3 is 15.3 Å². The molecule has 1 aromatic rings. The molecule has 0 saturated carbocycles. The normalized spacial score (nSPS) is 14.8. The molecule has 1 aromatic carbocycles. The molecule has 9 nitrogen and oxygen atoms in total. The maximum atomic E-state index is 13.2. The zero-order valence-corrected chi connectivity index (χ0v) is 13.1. The highest BCUT2D eigenvalue weighted by molar-refractivity contribution is 7.94. The third-order valence-electron chi connectivity index (χ3n) is 1.73. The lowest BCUT2D eigenvalue weighted by Crippen LogP contribution is -2.20. The minimum absolute atomic E-state index is 0.476. The molecule has 0 aromatic heterocycles. The largest absolute Gasteiger partial charge is 0.370 e. The van der Waals surface area contributed by atoms with Crippen molar-refractivity contribution in [1.82, 2.24) is 5.25 Å². The van der Waals surface area contributed by atoms with E-state index in [0.29, 0.717) is 0 Å². The van der Waals surface area contributed by atoms with E-state index in [4.69, 9.17) is 16.5 Å². The predicted octanol–water partition coefficient (Wildman–Crippen LogP) is 1.95. The number of benzene rings is 1. The Morgan fingerprint density at radius 1 is 0.870 bits per heavy atom. The fourth-order valence-electron chi connectivity index (χ4n) is 0.982. The van der Waals surface area contributed by atoms with Gasteiger partial charge in [0, 0.05) is 0 Å². The standard InChI is InChI=1S/C6H7F5N4O5P2S/c7-1-2(8)4(10)6(5(11)3(1)9)23-19-18-15-22(14,17)20-21(12,13)16/h(H4,12,13,16)(H3,14,15,17). The van der Waals surface area contributed by atoms with Crippen LogP contribution in [0.2, 0.25) is 0 Å². The van der Waals surface area contributed by atoms with Crippen LogP contribution in [0, 0.1) is 29.1 Å². The molecule has 0 radical (unpaired) electrons. The Hall–Kier alpha value is -0.600. The molecule has 1 rings (SSSR count). The number of rotatable bonds is 7. The summed E-state index contributed by atoms with van der Waals surface area (Å²) in [5.41, 5.74) is 14.3. The summed E-state index contributed by atoms with van der Waals surface area (Å²) in [6, 6.07) is 0. The van der Waals surface area contributed by atoms with Gasteiger partial charge in [0.05, 0.1) is 12.0 Å². The van der Waals surface area contributed by atoms with Crippen LogP contribution in [0.25, 0.3) is 0 Å². The van der Waals surface area contributed by atoms with E-state index in [1.807, 2.05) is 0 Å². The molecular weight excluding hydrogens is 397 g/mol. The Kier molecular flexibility index (Phi) is 6.69. The average Bonchev–Trinajstić information content (AvgIpc) is 2.39. The zero-order chi connectivity index (χ0) is 18.0. The average molecular weight is 404 g/mol. The molecule has 1 atom stereocenters. The summed E-state index contributed by atoms with van der Waals surface area (Å²) >= 11 is -0.476. The number of nitrogens with one attached hydrogen (secondary N) is 1. The van der Waals surface area contributed by atoms with Gasteiger partial charge in [0.2, 0.25) is 5.82 Å². The summed E-state index contributed by atoms with van der Waals surface area (Å²) < 4.78 is 94.9. The van der Waals surface area contributed by atoms with Crippen molar-refractivity contribution in [1.29, 1.82) is 0 Å². The number of halogens is 5. The maximum absolute atomic E-state index is 13.2. The van der Waals surface area contributed by atoms with Gasteiger partial charge in [0.25, 0.3) is 0 Å².